The van der Waals surface area contributed by atoms with Crippen LogP contribution in [0.4, 0.5) is 0 Å². The van der Waals surface area contributed by atoms with Crippen molar-refractivity contribution in [3.8, 4) is 11.1 Å². The van der Waals surface area contributed by atoms with Crippen LogP contribution in [0.25, 0.3) is 44.3 Å². The van der Waals surface area contributed by atoms with Crippen molar-refractivity contribution in [3.63, 3.8) is 0 Å². The number of nitrogens with zero attached hydrogens (tertiary/aromatic N) is 1. The first-order valence-electron chi connectivity index (χ1n) is 16.8. The molecular formula is C44H37N3O. The van der Waals surface area contributed by atoms with Crippen molar-refractivity contribution < 1.29 is 4.79 Å². The van der Waals surface area contributed by atoms with Gasteiger partial charge in [0.25, 0.3) is 0 Å². The smallest absolute Gasteiger partial charge is 0.193 e. The van der Waals surface area contributed by atoms with E-state index in [1.807, 2.05) is 36.4 Å². The molecule has 1 aliphatic carbocycles. The maximum absolute atomic E-state index is 13.9. The second-order valence-electron chi connectivity index (χ2n) is 12.7. The molecule has 0 unspecified atom stereocenters. The van der Waals surface area contributed by atoms with E-state index in [2.05, 4.69) is 117 Å². The Hall–Kier alpha value is -5.74. The monoisotopic (exact) mass is 623 g/mol. The second-order valence-corrected chi connectivity index (χ2v) is 12.7. The minimum atomic E-state index is 0.0362. The number of nitrogens with one attached hydrogen (secondary N) is 2. The van der Waals surface area contributed by atoms with Crippen molar-refractivity contribution in [2.45, 2.75) is 40.5 Å². The molecule has 3 aromatic heterocycles. The third kappa shape index (κ3) is 4.84. The number of aromatic amines is 2. The molecule has 0 spiro atoms. The van der Waals surface area contributed by atoms with E-state index in [4.69, 9.17) is 4.98 Å². The van der Waals surface area contributed by atoms with Gasteiger partial charge < -0.3 is 9.97 Å². The lowest BCUT2D eigenvalue weighted by molar-refractivity contribution is 0.103. The quantitative estimate of drug-likeness (QED) is 0.205. The minimum Gasteiger partial charge on any atom is -0.355 e. The Morgan fingerprint density at radius 2 is 0.958 bits per heavy atom. The Morgan fingerprint density at radius 3 is 1.46 bits per heavy atom. The van der Waals surface area contributed by atoms with Gasteiger partial charge in [-0.2, -0.15) is 0 Å². The van der Waals surface area contributed by atoms with Gasteiger partial charge in [-0.25, -0.2) is 4.98 Å². The zero-order valence-corrected chi connectivity index (χ0v) is 27.7. The summed E-state index contributed by atoms with van der Waals surface area (Å²) in [4.78, 5) is 26.9. The van der Waals surface area contributed by atoms with Gasteiger partial charge in [-0.3, -0.25) is 4.79 Å². The molecule has 8 rings (SSSR count). The first-order chi connectivity index (χ1) is 23.4. The molecule has 4 nitrogen and oxygen atoms in total. The fourth-order valence-corrected chi connectivity index (χ4v) is 7.51. The van der Waals surface area contributed by atoms with Crippen molar-refractivity contribution in [2.75, 3.05) is 0 Å². The van der Waals surface area contributed by atoms with Crippen LogP contribution in [0.1, 0.15) is 74.5 Å². The maximum atomic E-state index is 13.9. The number of hydrogen-bond donors (Lipinski definition) is 2. The van der Waals surface area contributed by atoms with Crippen LogP contribution in [-0.4, -0.2) is 20.7 Å². The molecule has 0 saturated carbocycles. The van der Waals surface area contributed by atoms with Crippen LogP contribution in [0.3, 0.4) is 0 Å². The number of fused-ring (bicyclic) bond motifs is 10. The Morgan fingerprint density at radius 1 is 0.500 bits per heavy atom. The Bertz CT molecular complexity index is 2440. The maximum Gasteiger partial charge on any atom is 0.193 e. The summed E-state index contributed by atoms with van der Waals surface area (Å²) in [6, 6.07) is 39.8. The summed E-state index contributed by atoms with van der Waals surface area (Å²) < 4.78 is 0. The average molecular weight is 624 g/mol. The lowest BCUT2D eigenvalue weighted by Crippen LogP contribution is -2.07. The lowest BCUT2D eigenvalue weighted by atomic mass is 9.89. The van der Waals surface area contributed by atoms with Gasteiger partial charge in [0.2, 0.25) is 0 Å². The van der Waals surface area contributed by atoms with Gasteiger partial charge in [0, 0.05) is 44.3 Å². The summed E-state index contributed by atoms with van der Waals surface area (Å²) in [6.07, 6.45) is 1.72. The van der Waals surface area contributed by atoms with Crippen molar-refractivity contribution in [1.82, 2.24) is 15.0 Å². The highest BCUT2D eigenvalue weighted by molar-refractivity contribution is 6.16. The lowest BCUT2D eigenvalue weighted by Gasteiger charge is -2.14. The van der Waals surface area contributed by atoms with Crippen LogP contribution in [0.2, 0.25) is 0 Å². The van der Waals surface area contributed by atoms with Crippen molar-refractivity contribution in [3.05, 3.63) is 171 Å². The van der Waals surface area contributed by atoms with Crippen LogP contribution in [0, 0.1) is 13.8 Å². The fourth-order valence-electron chi connectivity index (χ4n) is 7.51. The van der Waals surface area contributed by atoms with E-state index >= 15 is 0 Å². The molecule has 0 fully saturated rings. The molecule has 2 N–H and O–H groups in total. The summed E-state index contributed by atoms with van der Waals surface area (Å²) in [5, 5.41) is 0. The third-order valence-corrected chi connectivity index (χ3v) is 9.96. The highest BCUT2D eigenvalue weighted by atomic mass is 16.1. The SMILES string of the molecule is CCc1c(C)c2cc3cc(cc4[nH]c(cc5nc(cc1[nH]2)C(c1ccccc1)=C5c1ccccc1)c(CC)c4C)-c1ccccc1C3=O. The van der Waals surface area contributed by atoms with Crippen LogP contribution in [0.5, 0.6) is 0 Å². The molecule has 3 aromatic carbocycles. The number of aromatic nitrogens is 3. The second kappa shape index (κ2) is 11.8. The Kier molecular flexibility index (Phi) is 7.29. The summed E-state index contributed by atoms with van der Waals surface area (Å²) in [7, 11) is 0. The highest BCUT2D eigenvalue weighted by Gasteiger charge is 2.25. The molecule has 234 valence electrons. The predicted octanol–water partition coefficient (Wildman–Crippen LogP) is 10.6. The topological polar surface area (TPSA) is 61.5 Å². The van der Waals surface area contributed by atoms with Gasteiger partial charge in [-0.05, 0) is 102 Å². The van der Waals surface area contributed by atoms with Crippen LogP contribution in [0.15, 0.2) is 115 Å². The van der Waals surface area contributed by atoms with Crippen LogP contribution in [-0.2, 0) is 12.8 Å². The standard InChI is InChI=1S/C44H37N3O/c1-5-32-26(3)36-22-30-21-31(44(48)35-20-14-13-19-34(30)35)23-37-27(4)33(6-2)39(46-37)25-41-43(29-17-11-8-12-18-29)42(28-15-9-7-10-16-28)40(47-41)24-38(32)45-36/h7-25,45-46H,5-6H2,1-4H3. The molecule has 4 heteroatoms. The zero-order valence-electron chi connectivity index (χ0n) is 27.7. The molecule has 2 aliphatic rings. The highest BCUT2D eigenvalue weighted by Crippen LogP contribution is 2.40. The van der Waals surface area contributed by atoms with Gasteiger partial charge in [-0.1, -0.05) is 98.8 Å². The van der Waals surface area contributed by atoms with Crippen LogP contribution < -0.4 is 0 Å². The summed E-state index contributed by atoms with van der Waals surface area (Å²) in [5.41, 5.74) is 18.5. The van der Waals surface area contributed by atoms with E-state index in [9.17, 15) is 4.79 Å². The third-order valence-electron chi connectivity index (χ3n) is 9.96. The fraction of sp³-hybridized carbons (Fsp3) is 0.136. The summed E-state index contributed by atoms with van der Waals surface area (Å²) >= 11 is 0. The number of carbonyl (C=O) groups excluding carboxylic acids is 1. The molecule has 4 heterocycles. The first kappa shape index (κ1) is 29.6. The zero-order chi connectivity index (χ0) is 32.9. The Labute approximate surface area is 280 Å². The van der Waals surface area contributed by atoms with Gasteiger partial charge >= 0.3 is 0 Å². The van der Waals surface area contributed by atoms with Crippen LogP contribution >= 0.6 is 0 Å². The molecule has 0 radical (unpaired) electrons. The van der Waals surface area contributed by atoms with E-state index in [1.54, 1.807) is 0 Å². The number of benzene rings is 3. The molecular weight excluding hydrogens is 587 g/mol. The molecule has 8 bridgehead atoms. The molecule has 6 aromatic rings. The van der Waals surface area contributed by atoms with E-state index in [0.717, 1.165) is 90.8 Å². The minimum absolute atomic E-state index is 0.0362. The van der Waals surface area contributed by atoms with Crippen molar-refractivity contribution in [1.29, 1.82) is 0 Å². The molecule has 0 atom stereocenters. The molecule has 48 heavy (non-hydrogen) atoms. The number of carbonyl (C=O) groups is 1. The summed E-state index contributed by atoms with van der Waals surface area (Å²) in [5.74, 6) is 0.0362. The Balaban J connectivity index is 1.58. The van der Waals surface area contributed by atoms with Crippen molar-refractivity contribution >= 4 is 39.0 Å². The van der Waals surface area contributed by atoms with E-state index in [-0.39, 0.29) is 5.78 Å². The van der Waals surface area contributed by atoms with E-state index in [1.165, 1.54) is 16.7 Å². The predicted molar refractivity (Wildman–Crippen MR) is 198 cm³/mol. The molecule has 0 amide bonds. The molecule has 1 aliphatic heterocycles. The largest absolute Gasteiger partial charge is 0.355 e. The number of ketones is 1. The number of rotatable bonds is 4. The van der Waals surface area contributed by atoms with Crippen molar-refractivity contribution in [2.24, 2.45) is 0 Å². The molecule has 0 saturated heterocycles. The first-order valence-corrected chi connectivity index (χ1v) is 16.8. The van der Waals surface area contributed by atoms with E-state index in [0.29, 0.717) is 5.56 Å². The summed E-state index contributed by atoms with van der Waals surface area (Å²) in [6.45, 7) is 8.72. The van der Waals surface area contributed by atoms with Gasteiger partial charge in [0.05, 0.1) is 11.4 Å². The van der Waals surface area contributed by atoms with Gasteiger partial charge in [-0.15, -0.1) is 0 Å². The van der Waals surface area contributed by atoms with Gasteiger partial charge in [0.15, 0.2) is 5.78 Å². The van der Waals surface area contributed by atoms with E-state index < -0.39 is 0 Å². The normalized spacial score (nSPS) is 12.7. The average Bonchev–Trinajstić information content (AvgIpc) is 3.72. The number of hydrogen-bond acceptors (Lipinski definition) is 2. The number of aryl methyl sites for hydroxylation is 4. The van der Waals surface area contributed by atoms with Gasteiger partial charge in [0.1, 0.15) is 0 Å². The number of H-pyrrole nitrogens is 2.